The number of nitrogens with zero attached hydrogens (tertiary/aromatic N) is 2. The van der Waals surface area contributed by atoms with E-state index >= 15 is 0 Å². The largest absolute Gasteiger partial charge is 0.416 e. The molecule has 0 radical (unpaired) electrons. The lowest BCUT2D eigenvalue weighted by Gasteiger charge is -2.31. The summed E-state index contributed by atoms with van der Waals surface area (Å²) in [6.45, 7) is 1.96. The number of hydrogen-bond donors (Lipinski definition) is 1. The summed E-state index contributed by atoms with van der Waals surface area (Å²) < 4.78 is 80.3. The predicted molar refractivity (Wildman–Crippen MR) is 113 cm³/mol. The average molecular weight is 481 g/mol. The molecular weight excluding hydrogens is 460 g/mol. The van der Waals surface area contributed by atoms with Crippen molar-refractivity contribution < 1.29 is 31.1 Å². The SMILES string of the molecule is CC1CC(c2ccccc2)Nc2c(C(=O)CCc3cc(C(F)(F)F)cc(C(F)(F)F)c3)cnn21. The van der Waals surface area contributed by atoms with E-state index in [1.54, 1.807) is 4.68 Å². The van der Waals surface area contributed by atoms with Gasteiger partial charge in [-0.1, -0.05) is 30.3 Å². The molecule has 2 aromatic carbocycles. The van der Waals surface area contributed by atoms with Gasteiger partial charge in [0.2, 0.25) is 0 Å². The van der Waals surface area contributed by atoms with Crippen LogP contribution in [0.2, 0.25) is 0 Å². The maximum atomic E-state index is 13.1. The number of aromatic nitrogens is 2. The van der Waals surface area contributed by atoms with Crippen LogP contribution in [0.4, 0.5) is 32.2 Å². The lowest BCUT2D eigenvalue weighted by Crippen LogP contribution is -2.26. The molecule has 4 nitrogen and oxygen atoms in total. The number of fused-ring (bicyclic) bond motifs is 1. The summed E-state index contributed by atoms with van der Waals surface area (Å²) in [7, 11) is 0. The van der Waals surface area contributed by atoms with Crippen LogP contribution < -0.4 is 5.32 Å². The highest BCUT2D eigenvalue weighted by atomic mass is 19.4. The summed E-state index contributed by atoms with van der Waals surface area (Å²) in [6.07, 6.45) is -8.27. The molecule has 1 N–H and O–H groups in total. The van der Waals surface area contributed by atoms with Crippen molar-refractivity contribution in [3.63, 3.8) is 0 Å². The number of hydrogen-bond acceptors (Lipinski definition) is 3. The molecule has 0 saturated carbocycles. The van der Waals surface area contributed by atoms with E-state index in [0.29, 0.717) is 18.0 Å². The highest BCUT2D eigenvalue weighted by Gasteiger charge is 2.37. The van der Waals surface area contributed by atoms with Gasteiger partial charge in [-0.2, -0.15) is 31.4 Å². The fourth-order valence-electron chi connectivity index (χ4n) is 4.17. The van der Waals surface area contributed by atoms with E-state index in [4.69, 9.17) is 0 Å². The van der Waals surface area contributed by atoms with Crippen LogP contribution >= 0.6 is 0 Å². The Bertz CT molecular complexity index is 1150. The van der Waals surface area contributed by atoms with Crippen molar-refractivity contribution in [1.82, 2.24) is 9.78 Å². The molecule has 180 valence electrons. The molecule has 2 atom stereocenters. The van der Waals surface area contributed by atoms with Crippen molar-refractivity contribution in [3.05, 3.63) is 82.5 Å². The van der Waals surface area contributed by atoms with Crippen LogP contribution in [0, 0.1) is 0 Å². The third-order valence-corrected chi connectivity index (χ3v) is 5.89. The maximum Gasteiger partial charge on any atom is 0.416 e. The van der Waals surface area contributed by atoms with Crippen LogP contribution in [0.1, 0.15) is 64.5 Å². The molecule has 0 fully saturated rings. The predicted octanol–water partition coefficient (Wildman–Crippen LogP) is 6.85. The smallest absolute Gasteiger partial charge is 0.363 e. The lowest BCUT2D eigenvalue weighted by molar-refractivity contribution is -0.143. The normalized spacial score (nSPS) is 18.3. The number of ketones is 1. The van der Waals surface area contributed by atoms with Crippen molar-refractivity contribution in [2.75, 3.05) is 5.32 Å². The van der Waals surface area contributed by atoms with Crippen molar-refractivity contribution >= 4 is 11.6 Å². The minimum Gasteiger partial charge on any atom is -0.363 e. The number of nitrogens with one attached hydrogen (secondary N) is 1. The fourth-order valence-corrected chi connectivity index (χ4v) is 4.17. The molecule has 0 aliphatic carbocycles. The van der Waals surface area contributed by atoms with Gasteiger partial charge in [-0.05, 0) is 49.1 Å². The van der Waals surface area contributed by atoms with E-state index in [-0.39, 0.29) is 42.1 Å². The molecule has 0 bridgehead atoms. The maximum absolute atomic E-state index is 13.1. The Morgan fingerprint density at radius 2 is 1.65 bits per heavy atom. The van der Waals surface area contributed by atoms with Crippen LogP contribution in [0.25, 0.3) is 0 Å². The van der Waals surface area contributed by atoms with Gasteiger partial charge in [-0.3, -0.25) is 4.79 Å². The standard InChI is InChI=1S/C24H21F6N3O/c1-14-9-20(16-5-3-2-4-6-16)32-22-19(13-31-33(14)22)21(34)8-7-15-10-17(23(25,26)27)12-18(11-15)24(28,29)30/h2-6,10-14,20,32H,7-9H2,1H3. The molecule has 2 unspecified atom stereocenters. The molecule has 1 aromatic heterocycles. The van der Waals surface area contributed by atoms with Gasteiger partial charge in [-0.25, -0.2) is 4.68 Å². The van der Waals surface area contributed by atoms with E-state index in [9.17, 15) is 31.1 Å². The summed E-state index contributed by atoms with van der Waals surface area (Å²) >= 11 is 0. The molecular formula is C24H21F6N3O. The fraction of sp³-hybridized carbons (Fsp3) is 0.333. The van der Waals surface area contributed by atoms with Crippen molar-refractivity contribution in [2.45, 2.75) is 50.6 Å². The van der Waals surface area contributed by atoms with E-state index in [2.05, 4.69) is 10.4 Å². The number of benzene rings is 2. The van der Waals surface area contributed by atoms with Crippen LogP contribution in [0.3, 0.4) is 0 Å². The Balaban J connectivity index is 1.55. The third kappa shape index (κ3) is 4.95. The number of anilines is 1. The first kappa shape index (κ1) is 23.8. The topological polar surface area (TPSA) is 46.9 Å². The minimum atomic E-state index is -4.93. The zero-order valence-electron chi connectivity index (χ0n) is 18.0. The first-order valence-electron chi connectivity index (χ1n) is 10.6. The molecule has 4 rings (SSSR count). The zero-order chi connectivity index (χ0) is 24.7. The van der Waals surface area contributed by atoms with Crippen molar-refractivity contribution in [3.8, 4) is 0 Å². The first-order chi connectivity index (χ1) is 15.9. The van der Waals surface area contributed by atoms with Gasteiger partial charge in [-0.15, -0.1) is 0 Å². The number of carbonyl (C=O) groups excluding carboxylic acids is 1. The van der Waals surface area contributed by atoms with Gasteiger partial charge in [0.05, 0.1) is 35.0 Å². The number of halogens is 6. The molecule has 1 aliphatic rings. The van der Waals surface area contributed by atoms with Gasteiger partial charge in [0.25, 0.3) is 0 Å². The molecule has 1 aliphatic heterocycles. The summed E-state index contributed by atoms with van der Waals surface area (Å²) in [5.74, 6) is 0.0817. The molecule has 2 heterocycles. The molecule has 34 heavy (non-hydrogen) atoms. The Kier molecular flexibility index (Phi) is 6.18. The Hall–Kier alpha value is -3.30. The summed E-state index contributed by atoms with van der Waals surface area (Å²) in [5.41, 5.74) is -1.71. The number of rotatable bonds is 5. The minimum absolute atomic E-state index is 0.0131. The van der Waals surface area contributed by atoms with Crippen LogP contribution in [0.5, 0.6) is 0 Å². The third-order valence-electron chi connectivity index (χ3n) is 5.89. The van der Waals surface area contributed by atoms with Crippen LogP contribution in [-0.2, 0) is 18.8 Å². The summed E-state index contributed by atoms with van der Waals surface area (Å²) in [5, 5.41) is 7.58. The summed E-state index contributed by atoms with van der Waals surface area (Å²) in [4.78, 5) is 12.9. The van der Waals surface area contributed by atoms with Gasteiger partial charge >= 0.3 is 12.4 Å². The van der Waals surface area contributed by atoms with Crippen molar-refractivity contribution in [2.24, 2.45) is 0 Å². The number of aryl methyl sites for hydroxylation is 1. The zero-order valence-corrected chi connectivity index (χ0v) is 18.0. The molecule has 0 saturated heterocycles. The molecule has 10 heteroatoms. The Morgan fingerprint density at radius 1 is 1.03 bits per heavy atom. The number of carbonyl (C=O) groups is 1. The van der Waals surface area contributed by atoms with Gasteiger partial charge in [0.15, 0.2) is 5.78 Å². The second kappa shape index (κ2) is 8.81. The molecule has 0 spiro atoms. The van der Waals surface area contributed by atoms with Crippen molar-refractivity contribution in [1.29, 1.82) is 0 Å². The highest BCUT2D eigenvalue weighted by Crippen LogP contribution is 2.38. The lowest BCUT2D eigenvalue weighted by atomic mass is 9.96. The van der Waals surface area contributed by atoms with Gasteiger partial charge in [0.1, 0.15) is 5.82 Å². The van der Waals surface area contributed by atoms with E-state index in [0.717, 1.165) is 12.0 Å². The second-order valence-corrected chi connectivity index (χ2v) is 8.38. The summed E-state index contributed by atoms with van der Waals surface area (Å²) in [6, 6.07) is 10.9. The van der Waals surface area contributed by atoms with E-state index < -0.39 is 29.3 Å². The highest BCUT2D eigenvalue weighted by molar-refractivity contribution is 6.00. The quantitative estimate of drug-likeness (QED) is 0.320. The first-order valence-corrected chi connectivity index (χ1v) is 10.6. The average Bonchev–Trinajstić information content (AvgIpc) is 3.21. The van der Waals surface area contributed by atoms with E-state index in [1.807, 2.05) is 37.3 Å². The van der Waals surface area contributed by atoms with Crippen LogP contribution in [-0.4, -0.2) is 15.6 Å². The molecule has 3 aromatic rings. The molecule has 0 amide bonds. The van der Waals surface area contributed by atoms with Crippen LogP contribution in [0.15, 0.2) is 54.7 Å². The Labute approximate surface area is 191 Å². The van der Waals surface area contributed by atoms with E-state index in [1.165, 1.54) is 6.20 Å². The number of alkyl halides is 6. The Morgan fingerprint density at radius 3 is 2.24 bits per heavy atom. The second-order valence-electron chi connectivity index (χ2n) is 8.38. The van der Waals surface area contributed by atoms with Gasteiger partial charge in [0, 0.05) is 6.42 Å². The van der Waals surface area contributed by atoms with Gasteiger partial charge < -0.3 is 5.32 Å². The number of Topliss-reactive ketones (excluding diaryl/α,β-unsaturated/α-hetero) is 1. The monoisotopic (exact) mass is 481 g/mol.